The molecule has 3 aliphatic rings. The van der Waals surface area contributed by atoms with Gasteiger partial charge in [-0.05, 0) is 50.2 Å². The fraction of sp³-hybridized carbons (Fsp3) is 0.700. The number of aromatic nitrogens is 1. The number of aryl methyl sites for hydroxylation is 2. The van der Waals surface area contributed by atoms with E-state index in [2.05, 4.69) is 9.80 Å². The van der Waals surface area contributed by atoms with Crippen molar-refractivity contribution in [1.82, 2.24) is 9.88 Å². The highest BCUT2D eigenvalue weighted by Crippen LogP contribution is 2.32. The Hall–Kier alpha value is -1.66. The molecule has 0 bridgehead atoms. The maximum atomic E-state index is 12.1. The maximum Gasteiger partial charge on any atom is 0.252 e. The number of hydrogen-bond donors (Lipinski definition) is 2. The van der Waals surface area contributed by atoms with Gasteiger partial charge in [0.25, 0.3) is 5.91 Å². The topological polar surface area (TPSA) is 82.7 Å². The van der Waals surface area contributed by atoms with Crippen molar-refractivity contribution >= 4 is 11.7 Å². The molecule has 0 radical (unpaired) electrons. The smallest absolute Gasteiger partial charge is 0.252 e. The van der Waals surface area contributed by atoms with E-state index in [9.17, 15) is 9.90 Å². The number of aliphatic hydroxyl groups excluding tert-OH is 1. The van der Waals surface area contributed by atoms with Crippen molar-refractivity contribution in [3.63, 3.8) is 0 Å². The SMILES string of the molecule is NC(=O)c1cc2c(nc1N1CCN(C3CCCC3)[C@H](CCO)C1)CCC2. The lowest BCUT2D eigenvalue weighted by atomic mass is 10.0. The number of nitrogens with zero attached hydrogens (tertiary/aromatic N) is 3. The molecule has 0 aromatic carbocycles. The average molecular weight is 358 g/mol. The summed E-state index contributed by atoms with van der Waals surface area (Å²) >= 11 is 0. The van der Waals surface area contributed by atoms with E-state index in [4.69, 9.17) is 10.7 Å². The maximum absolute atomic E-state index is 12.1. The van der Waals surface area contributed by atoms with Gasteiger partial charge in [0.1, 0.15) is 5.82 Å². The van der Waals surface area contributed by atoms with E-state index in [1.165, 1.54) is 31.2 Å². The molecular formula is C20H30N4O2. The standard InChI is InChI=1S/C20H30N4O2/c21-19(26)17-12-14-4-3-7-18(14)22-20(17)23-9-10-24(15-5-1-2-6-15)16(13-23)8-11-25/h12,15-16,25H,1-11,13H2,(H2,21,26)/t16-/m1/s1. The zero-order chi connectivity index (χ0) is 18.1. The molecule has 2 heterocycles. The van der Waals surface area contributed by atoms with Crippen molar-refractivity contribution in [2.75, 3.05) is 31.1 Å². The summed E-state index contributed by atoms with van der Waals surface area (Å²) in [5.74, 6) is 0.367. The van der Waals surface area contributed by atoms with Crippen LogP contribution >= 0.6 is 0 Å². The normalized spacial score (nSPS) is 24.2. The number of anilines is 1. The molecule has 1 saturated heterocycles. The molecule has 0 spiro atoms. The van der Waals surface area contributed by atoms with E-state index < -0.39 is 0 Å². The molecule has 1 aromatic rings. The molecule has 1 aliphatic heterocycles. The Kier molecular flexibility index (Phi) is 5.14. The number of primary amides is 1. The lowest BCUT2D eigenvalue weighted by molar-refractivity contribution is 0.0967. The molecule has 3 N–H and O–H groups in total. The van der Waals surface area contributed by atoms with Crippen molar-refractivity contribution in [2.45, 2.75) is 63.5 Å². The molecular weight excluding hydrogens is 328 g/mol. The highest BCUT2D eigenvalue weighted by molar-refractivity contribution is 5.98. The van der Waals surface area contributed by atoms with Crippen molar-refractivity contribution in [3.8, 4) is 0 Å². The summed E-state index contributed by atoms with van der Waals surface area (Å²) < 4.78 is 0. The molecule has 1 aromatic heterocycles. The highest BCUT2D eigenvalue weighted by Gasteiger charge is 2.34. The van der Waals surface area contributed by atoms with Gasteiger partial charge in [-0.25, -0.2) is 4.98 Å². The van der Waals surface area contributed by atoms with Gasteiger partial charge in [0, 0.05) is 44.0 Å². The van der Waals surface area contributed by atoms with Crippen molar-refractivity contribution < 1.29 is 9.90 Å². The van der Waals surface area contributed by atoms with Crippen molar-refractivity contribution in [2.24, 2.45) is 5.73 Å². The van der Waals surface area contributed by atoms with E-state index in [1.54, 1.807) is 0 Å². The van der Waals surface area contributed by atoms with Crippen LogP contribution in [0.15, 0.2) is 6.07 Å². The van der Waals surface area contributed by atoms with Gasteiger partial charge in [0.2, 0.25) is 0 Å². The molecule has 1 saturated carbocycles. The number of carbonyl (C=O) groups excluding carboxylic acids is 1. The molecule has 2 aliphatic carbocycles. The molecule has 2 fully saturated rings. The molecule has 1 atom stereocenters. The molecule has 142 valence electrons. The Labute approximate surface area is 155 Å². The third-order valence-corrected chi connectivity index (χ3v) is 6.38. The fourth-order valence-corrected chi connectivity index (χ4v) is 5.07. The third kappa shape index (κ3) is 3.32. The number of nitrogens with two attached hydrogens (primary N) is 1. The van der Waals surface area contributed by atoms with Gasteiger partial charge < -0.3 is 15.7 Å². The summed E-state index contributed by atoms with van der Waals surface area (Å²) in [4.78, 5) is 21.7. The molecule has 6 heteroatoms. The Balaban J connectivity index is 1.59. The van der Waals surface area contributed by atoms with Crippen LogP contribution in [-0.4, -0.2) is 59.2 Å². The number of piperazine rings is 1. The third-order valence-electron chi connectivity index (χ3n) is 6.38. The fourth-order valence-electron chi connectivity index (χ4n) is 5.07. The molecule has 6 nitrogen and oxygen atoms in total. The number of carbonyl (C=O) groups is 1. The van der Waals surface area contributed by atoms with Gasteiger partial charge in [-0.3, -0.25) is 9.69 Å². The van der Waals surface area contributed by atoms with Crippen molar-refractivity contribution in [1.29, 1.82) is 0 Å². The second-order valence-corrected chi connectivity index (χ2v) is 7.97. The number of fused-ring (bicyclic) bond motifs is 1. The van der Waals surface area contributed by atoms with Gasteiger partial charge in [0.15, 0.2) is 0 Å². The Morgan fingerprint density at radius 1 is 1.23 bits per heavy atom. The molecule has 0 unspecified atom stereocenters. The lowest BCUT2D eigenvalue weighted by Crippen LogP contribution is -2.56. The Morgan fingerprint density at radius 3 is 2.77 bits per heavy atom. The van der Waals surface area contributed by atoms with Gasteiger partial charge in [-0.15, -0.1) is 0 Å². The summed E-state index contributed by atoms with van der Waals surface area (Å²) in [5.41, 5.74) is 8.54. The molecule has 26 heavy (non-hydrogen) atoms. The largest absolute Gasteiger partial charge is 0.396 e. The van der Waals surface area contributed by atoms with Crippen LogP contribution in [0.1, 0.15) is 60.1 Å². The zero-order valence-corrected chi connectivity index (χ0v) is 15.5. The van der Waals surface area contributed by atoms with Crippen LogP contribution in [0.2, 0.25) is 0 Å². The van der Waals surface area contributed by atoms with Crippen LogP contribution in [0.25, 0.3) is 0 Å². The van der Waals surface area contributed by atoms with Gasteiger partial charge in [-0.2, -0.15) is 0 Å². The predicted octanol–water partition coefficient (Wildman–Crippen LogP) is 1.48. The number of amides is 1. The first kappa shape index (κ1) is 17.7. The van der Waals surface area contributed by atoms with E-state index in [-0.39, 0.29) is 12.5 Å². The van der Waals surface area contributed by atoms with Crippen LogP contribution in [0.5, 0.6) is 0 Å². The summed E-state index contributed by atoms with van der Waals surface area (Å²) in [6.07, 6.45) is 9.02. The minimum atomic E-state index is -0.390. The zero-order valence-electron chi connectivity index (χ0n) is 15.5. The second-order valence-electron chi connectivity index (χ2n) is 7.97. The quantitative estimate of drug-likeness (QED) is 0.833. The Bertz CT molecular complexity index is 672. The first-order valence-corrected chi connectivity index (χ1v) is 10.1. The average Bonchev–Trinajstić information content (AvgIpc) is 3.32. The number of hydrogen-bond acceptors (Lipinski definition) is 5. The van der Waals surface area contributed by atoms with E-state index in [0.29, 0.717) is 17.6 Å². The van der Waals surface area contributed by atoms with Crippen molar-refractivity contribution in [3.05, 3.63) is 22.9 Å². The lowest BCUT2D eigenvalue weighted by Gasteiger charge is -2.45. The van der Waals surface area contributed by atoms with Crippen LogP contribution in [0.4, 0.5) is 5.82 Å². The first-order valence-electron chi connectivity index (χ1n) is 10.1. The first-order chi connectivity index (χ1) is 12.7. The summed E-state index contributed by atoms with van der Waals surface area (Å²) in [7, 11) is 0. The van der Waals surface area contributed by atoms with Crippen LogP contribution < -0.4 is 10.6 Å². The summed E-state index contributed by atoms with van der Waals surface area (Å²) in [6.45, 7) is 2.84. The second kappa shape index (κ2) is 7.53. The number of pyridine rings is 1. The minimum absolute atomic E-state index is 0.196. The van der Waals surface area contributed by atoms with Crippen LogP contribution in [0.3, 0.4) is 0 Å². The van der Waals surface area contributed by atoms with Gasteiger partial charge in [0.05, 0.1) is 5.56 Å². The Morgan fingerprint density at radius 2 is 2.04 bits per heavy atom. The van der Waals surface area contributed by atoms with Crippen LogP contribution in [-0.2, 0) is 12.8 Å². The van der Waals surface area contributed by atoms with Gasteiger partial charge in [-0.1, -0.05) is 12.8 Å². The van der Waals surface area contributed by atoms with E-state index in [0.717, 1.165) is 56.8 Å². The summed E-state index contributed by atoms with van der Waals surface area (Å²) in [5, 5.41) is 9.57. The molecule has 1 amide bonds. The highest BCUT2D eigenvalue weighted by atomic mass is 16.3. The van der Waals surface area contributed by atoms with E-state index >= 15 is 0 Å². The minimum Gasteiger partial charge on any atom is -0.396 e. The van der Waals surface area contributed by atoms with E-state index in [1.807, 2.05) is 6.07 Å². The molecule has 4 rings (SSSR count). The predicted molar refractivity (Wildman–Crippen MR) is 101 cm³/mol. The van der Waals surface area contributed by atoms with Gasteiger partial charge >= 0.3 is 0 Å². The van der Waals surface area contributed by atoms with Crippen LogP contribution in [0, 0.1) is 0 Å². The number of aliphatic hydroxyl groups is 1. The summed E-state index contributed by atoms with van der Waals surface area (Å²) in [6, 6.07) is 2.93. The monoisotopic (exact) mass is 358 g/mol. The number of rotatable bonds is 5.